The van der Waals surface area contributed by atoms with E-state index in [1.807, 2.05) is 0 Å². The average Bonchev–Trinajstić information content (AvgIpc) is 3.29. The third-order valence-electron chi connectivity index (χ3n) is 7.26. The number of rotatable bonds is 5. The van der Waals surface area contributed by atoms with Crippen molar-refractivity contribution in [2.24, 2.45) is 0 Å². The van der Waals surface area contributed by atoms with Gasteiger partial charge in [-0.25, -0.2) is 28.5 Å². The quantitative estimate of drug-likeness (QED) is 0.493. The molecular formula is C25H37F2N10O3Y-. The van der Waals surface area contributed by atoms with Gasteiger partial charge in [0.2, 0.25) is 5.88 Å². The van der Waals surface area contributed by atoms with Crippen LogP contribution in [0.2, 0.25) is 0 Å². The van der Waals surface area contributed by atoms with Crippen molar-refractivity contribution in [3.63, 3.8) is 0 Å². The molecule has 13 nitrogen and oxygen atoms in total. The molecule has 2 aromatic heterocycles. The molecule has 1 radical (unpaired) electrons. The molecule has 5 heterocycles. The van der Waals surface area contributed by atoms with Gasteiger partial charge >= 0.3 is 6.03 Å². The molecule has 3 atom stereocenters. The van der Waals surface area contributed by atoms with Crippen molar-refractivity contribution in [2.75, 3.05) is 70.2 Å². The number of piperidine rings is 1. The van der Waals surface area contributed by atoms with E-state index in [9.17, 15) is 18.7 Å². The van der Waals surface area contributed by atoms with Gasteiger partial charge < -0.3 is 35.3 Å². The summed E-state index contributed by atoms with van der Waals surface area (Å²) in [5.41, 5.74) is 7.58. The van der Waals surface area contributed by atoms with Gasteiger partial charge in [0, 0.05) is 97.7 Å². The number of nitrogens with zero attached hydrogens (tertiary/aromatic N) is 8. The van der Waals surface area contributed by atoms with Crippen LogP contribution in [0.5, 0.6) is 5.88 Å². The fourth-order valence-corrected chi connectivity index (χ4v) is 5.09. The number of fused-ring (bicyclic) bond motifs is 1. The number of urea groups is 1. The summed E-state index contributed by atoms with van der Waals surface area (Å²) in [5, 5.41) is 11.8. The van der Waals surface area contributed by atoms with E-state index in [0.29, 0.717) is 18.5 Å². The number of aliphatic hydroxyl groups is 1. The van der Waals surface area contributed by atoms with E-state index in [2.05, 4.69) is 42.1 Å². The van der Waals surface area contributed by atoms with Gasteiger partial charge in [0.25, 0.3) is 5.92 Å². The number of halogens is 2. The fourth-order valence-electron chi connectivity index (χ4n) is 5.09. The molecule has 3 aliphatic rings. The molecule has 41 heavy (non-hydrogen) atoms. The van der Waals surface area contributed by atoms with Gasteiger partial charge in [0.1, 0.15) is 12.0 Å². The molecule has 16 heteroatoms. The monoisotopic (exact) mass is 652 g/mol. The van der Waals surface area contributed by atoms with Gasteiger partial charge in [0.05, 0.1) is 25.1 Å². The summed E-state index contributed by atoms with van der Waals surface area (Å²) in [5.74, 6) is -2.50. The molecule has 3 unspecified atom stereocenters. The number of aliphatic hydroxyl groups excluding tert-OH is 1. The summed E-state index contributed by atoms with van der Waals surface area (Å²) in [6.07, 6.45) is 4.46. The molecule has 3 saturated heterocycles. The number of likely N-dealkylation sites (N-methyl/N-ethyl adjacent to an activating group) is 2. The van der Waals surface area contributed by atoms with Crippen molar-refractivity contribution in [1.82, 2.24) is 34.6 Å². The molecule has 0 bridgehead atoms. The molecule has 0 spiro atoms. The Morgan fingerprint density at radius 1 is 1.22 bits per heavy atom. The van der Waals surface area contributed by atoms with Crippen LogP contribution in [0.4, 0.5) is 31.2 Å². The van der Waals surface area contributed by atoms with Crippen molar-refractivity contribution >= 4 is 23.6 Å². The third-order valence-corrected chi connectivity index (χ3v) is 7.26. The first-order valence-corrected chi connectivity index (χ1v) is 13.3. The maximum Gasteiger partial charge on any atom is 0.323 e. The number of nitrogens with one attached hydrogen (secondary N) is 2. The van der Waals surface area contributed by atoms with Crippen molar-refractivity contribution in [3.8, 4) is 5.88 Å². The van der Waals surface area contributed by atoms with Crippen molar-refractivity contribution < 1.29 is 56.1 Å². The van der Waals surface area contributed by atoms with Crippen LogP contribution in [-0.4, -0.2) is 130 Å². The molecule has 2 aromatic rings. The van der Waals surface area contributed by atoms with Crippen LogP contribution in [-0.2, 0) is 32.7 Å². The zero-order chi connectivity index (χ0) is 28.9. The molecule has 3 N–H and O–H groups in total. The Labute approximate surface area is 263 Å². The van der Waals surface area contributed by atoms with E-state index in [1.54, 1.807) is 11.8 Å². The molecule has 3 fully saturated rings. The number of carbonyl (C=O) groups excluding carboxylic acids is 1. The minimum Gasteiger partial charge on any atom is -0.482 e. The summed E-state index contributed by atoms with van der Waals surface area (Å²) >= 11 is 0. The second-order valence-electron chi connectivity index (χ2n) is 10.2. The largest absolute Gasteiger partial charge is 0.482 e. The van der Waals surface area contributed by atoms with Crippen LogP contribution >= 0.6 is 0 Å². The van der Waals surface area contributed by atoms with Crippen LogP contribution < -0.4 is 15.0 Å². The van der Waals surface area contributed by atoms with Gasteiger partial charge in [-0.2, -0.15) is 0 Å². The van der Waals surface area contributed by atoms with Crippen LogP contribution in [0.3, 0.4) is 0 Å². The number of amides is 2. The van der Waals surface area contributed by atoms with Gasteiger partial charge in [0.15, 0.2) is 5.82 Å². The standard InChI is InChI=1S/C17H22F2N8O2.C8H16N2O.Y/c1-3-29-14-9-22-13(8-23-14)25-16(28)26(2)11-10-27(7-5-17(11,18)19)15-21-6-4-12(20)24-15;1-9-2-3-10-6-8(11)4-7(10)5-9;/h4,6,8-9,11H,3,5,7,10H2,1-2H3,(H3,20,21,22,24,25,28);7-8,11H,2-6H2,1H3;/p-1. The summed E-state index contributed by atoms with van der Waals surface area (Å²) in [7, 11) is 3.45. The summed E-state index contributed by atoms with van der Waals surface area (Å²) in [4.78, 5) is 35.7. The number of aromatic nitrogens is 4. The van der Waals surface area contributed by atoms with Crippen molar-refractivity contribution in [2.45, 2.75) is 43.9 Å². The second kappa shape index (κ2) is 14.7. The molecule has 0 aliphatic carbocycles. The van der Waals surface area contributed by atoms with Crippen molar-refractivity contribution in [1.29, 1.82) is 0 Å². The molecule has 3 aliphatic heterocycles. The topological polar surface area (TPSA) is 147 Å². The molecular weight excluding hydrogens is 615 g/mol. The summed E-state index contributed by atoms with van der Waals surface area (Å²) in [6, 6.07) is -0.129. The zero-order valence-electron chi connectivity index (χ0n) is 23.6. The normalized spacial score (nSPS) is 23.9. The molecule has 0 saturated carbocycles. The summed E-state index contributed by atoms with van der Waals surface area (Å²) in [6.45, 7) is 6.40. The SMILES string of the molecule is CCOc1cnc(NC(=O)N(C)C2CN(c3nccc([NH-])n3)CCC2(F)F)cn1.CN1CCN2CC(O)CC2C1.[Y]. The molecule has 223 valence electrons. The Morgan fingerprint density at radius 3 is 2.68 bits per heavy atom. The maximum absolute atomic E-state index is 14.6. The predicted molar refractivity (Wildman–Crippen MR) is 145 cm³/mol. The van der Waals surface area contributed by atoms with Crippen LogP contribution in [0.25, 0.3) is 5.73 Å². The average molecular weight is 653 g/mol. The summed E-state index contributed by atoms with van der Waals surface area (Å²) < 4.78 is 34.3. The minimum atomic E-state index is -3.09. The number of carbonyl (C=O) groups is 1. The number of hydrogen-bond donors (Lipinski definition) is 2. The first-order valence-electron chi connectivity index (χ1n) is 13.3. The molecule has 0 aromatic carbocycles. The number of ether oxygens (including phenoxy) is 1. The van der Waals surface area contributed by atoms with E-state index in [-0.39, 0.29) is 69.5 Å². The van der Waals surface area contributed by atoms with Gasteiger partial charge in [-0.1, -0.05) is 5.82 Å². The van der Waals surface area contributed by atoms with E-state index in [0.717, 1.165) is 37.5 Å². The van der Waals surface area contributed by atoms with Crippen LogP contribution in [0.15, 0.2) is 24.7 Å². The Kier molecular flexibility index (Phi) is 11.9. The maximum atomic E-state index is 14.6. The third kappa shape index (κ3) is 8.83. The van der Waals surface area contributed by atoms with Gasteiger partial charge in [-0.05, 0) is 26.5 Å². The molecule has 5 rings (SSSR count). The van der Waals surface area contributed by atoms with Crippen LogP contribution in [0, 0.1) is 0 Å². The second-order valence-corrected chi connectivity index (χ2v) is 10.2. The Bertz CT molecular complexity index is 1140. The fraction of sp³-hybridized carbons (Fsp3) is 0.640. The Hall–Kier alpha value is -2.33. The predicted octanol–water partition coefficient (Wildman–Crippen LogP) is 2.09. The first kappa shape index (κ1) is 33.2. The number of piperazine rings is 1. The zero-order valence-corrected chi connectivity index (χ0v) is 26.4. The first-order chi connectivity index (χ1) is 19.1. The number of hydrogen-bond acceptors (Lipinski definition) is 10. The van der Waals surface area contributed by atoms with Crippen LogP contribution in [0.1, 0.15) is 19.8 Å². The van der Waals surface area contributed by atoms with Crippen molar-refractivity contribution in [3.05, 3.63) is 30.4 Å². The Balaban J connectivity index is 0.000000321. The molecule has 2 amide bonds. The smallest absolute Gasteiger partial charge is 0.323 e. The van der Waals surface area contributed by atoms with Gasteiger partial charge in [-0.15, -0.1) is 0 Å². The number of alkyl halides is 2. The Morgan fingerprint density at radius 2 is 2.00 bits per heavy atom. The van der Waals surface area contributed by atoms with E-state index in [1.165, 1.54) is 31.7 Å². The van der Waals surface area contributed by atoms with Gasteiger partial charge in [-0.3, -0.25) is 10.2 Å². The number of anilines is 2. The van der Waals surface area contributed by atoms with E-state index in [4.69, 9.17) is 10.5 Å². The van der Waals surface area contributed by atoms with E-state index < -0.39 is 24.4 Å². The minimum absolute atomic E-state index is 0. The van der Waals surface area contributed by atoms with E-state index >= 15 is 0 Å².